The first-order valence-electron chi connectivity index (χ1n) is 5.98. The number of nitrogens with one attached hydrogen (secondary N) is 1. The lowest BCUT2D eigenvalue weighted by Crippen LogP contribution is -2.29. The molecule has 5 nitrogen and oxygen atoms in total. The Hall–Kier alpha value is -1.82. The van der Waals surface area contributed by atoms with Crippen molar-refractivity contribution in [2.24, 2.45) is 5.84 Å². The van der Waals surface area contributed by atoms with Crippen molar-refractivity contribution < 1.29 is 9.47 Å². The van der Waals surface area contributed by atoms with Gasteiger partial charge >= 0.3 is 0 Å². The van der Waals surface area contributed by atoms with E-state index in [0.717, 1.165) is 11.1 Å². The lowest BCUT2D eigenvalue weighted by molar-refractivity contribution is 0.393. The number of hydrogen-bond acceptors (Lipinski definition) is 5. The van der Waals surface area contributed by atoms with Crippen LogP contribution in [0.1, 0.15) is 17.2 Å². The molecule has 0 saturated heterocycles. The number of nitrogens with two attached hydrogens (primary N) is 1. The number of halogens is 1. The van der Waals surface area contributed by atoms with Crippen molar-refractivity contribution in [3.63, 3.8) is 0 Å². The molecule has 0 aliphatic heterocycles. The number of methoxy groups -OCH3 is 2. The Labute approximate surface area is 122 Å². The van der Waals surface area contributed by atoms with E-state index in [2.05, 4.69) is 10.4 Å². The molecule has 1 aromatic carbocycles. The highest BCUT2D eigenvalue weighted by Crippen LogP contribution is 2.35. The zero-order valence-corrected chi connectivity index (χ0v) is 12.0. The maximum Gasteiger partial charge on any atom is 0.142 e. The minimum atomic E-state index is -0.318. The second-order valence-corrected chi connectivity index (χ2v) is 4.54. The van der Waals surface area contributed by atoms with E-state index in [1.807, 2.05) is 12.1 Å². The molecule has 1 aromatic heterocycles. The zero-order chi connectivity index (χ0) is 14.5. The van der Waals surface area contributed by atoms with E-state index in [1.165, 1.54) is 0 Å². The number of rotatable bonds is 5. The van der Waals surface area contributed by atoms with Gasteiger partial charge in [0.2, 0.25) is 0 Å². The van der Waals surface area contributed by atoms with Crippen LogP contribution >= 0.6 is 11.6 Å². The van der Waals surface area contributed by atoms with Gasteiger partial charge in [-0.15, -0.1) is 0 Å². The predicted molar refractivity (Wildman–Crippen MR) is 78.0 cm³/mol. The smallest absolute Gasteiger partial charge is 0.142 e. The van der Waals surface area contributed by atoms with E-state index in [0.29, 0.717) is 16.5 Å². The van der Waals surface area contributed by atoms with Gasteiger partial charge in [-0.05, 0) is 24.3 Å². The van der Waals surface area contributed by atoms with Crippen LogP contribution in [-0.4, -0.2) is 19.2 Å². The maximum absolute atomic E-state index is 6.07. The van der Waals surface area contributed by atoms with Gasteiger partial charge in [-0.2, -0.15) is 0 Å². The third-order valence-corrected chi connectivity index (χ3v) is 3.25. The summed E-state index contributed by atoms with van der Waals surface area (Å²) in [5, 5.41) is 0.606. The fraction of sp³-hybridized carbons (Fsp3) is 0.214. The molecule has 0 bridgehead atoms. The monoisotopic (exact) mass is 293 g/mol. The average molecular weight is 294 g/mol. The highest BCUT2D eigenvalue weighted by molar-refractivity contribution is 6.30. The van der Waals surface area contributed by atoms with Crippen LogP contribution in [-0.2, 0) is 0 Å². The second-order valence-electron chi connectivity index (χ2n) is 4.10. The highest BCUT2D eigenvalue weighted by atomic mass is 35.5. The van der Waals surface area contributed by atoms with Crippen LogP contribution in [0.4, 0.5) is 0 Å². The molecule has 0 spiro atoms. The first-order valence-corrected chi connectivity index (χ1v) is 6.36. The topological polar surface area (TPSA) is 69.4 Å². The molecular weight excluding hydrogens is 278 g/mol. The van der Waals surface area contributed by atoms with Crippen molar-refractivity contribution >= 4 is 11.6 Å². The predicted octanol–water partition coefficient (Wildman–Crippen LogP) is 2.30. The Morgan fingerprint density at radius 3 is 2.55 bits per heavy atom. The Morgan fingerprint density at radius 2 is 1.90 bits per heavy atom. The normalized spacial score (nSPS) is 12.0. The minimum absolute atomic E-state index is 0.318. The molecule has 20 heavy (non-hydrogen) atoms. The Morgan fingerprint density at radius 1 is 1.15 bits per heavy atom. The number of nitrogens with zero attached hydrogens (tertiary/aromatic N) is 1. The number of benzene rings is 1. The summed E-state index contributed by atoms with van der Waals surface area (Å²) in [5.41, 5.74) is 4.44. The fourth-order valence-corrected chi connectivity index (χ4v) is 2.26. The van der Waals surface area contributed by atoms with Gasteiger partial charge < -0.3 is 9.47 Å². The summed E-state index contributed by atoms with van der Waals surface area (Å²) in [5.74, 6) is 7.04. The van der Waals surface area contributed by atoms with E-state index >= 15 is 0 Å². The van der Waals surface area contributed by atoms with Crippen LogP contribution in [0.5, 0.6) is 11.5 Å². The standard InChI is InChI=1S/C14H16ClN3O2/c1-19-12-4-3-9(15)7-11(12)14(18-16)10-5-6-17-8-13(10)20-2/h3-8,14,18H,16H2,1-2H3. The van der Waals surface area contributed by atoms with Gasteiger partial charge in [-0.1, -0.05) is 11.6 Å². The van der Waals surface area contributed by atoms with Crippen molar-refractivity contribution in [2.75, 3.05) is 14.2 Å². The van der Waals surface area contributed by atoms with Crippen LogP contribution in [0.15, 0.2) is 36.7 Å². The lowest BCUT2D eigenvalue weighted by atomic mass is 9.98. The van der Waals surface area contributed by atoms with Gasteiger partial charge in [0, 0.05) is 22.3 Å². The van der Waals surface area contributed by atoms with Crippen molar-refractivity contribution in [1.82, 2.24) is 10.4 Å². The Bertz CT molecular complexity index is 592. The lowest BCUT2D eigenvalue weighted by Gasteiger charge is -2.21. The summed E-state index contributed by atoms with van der Waals surface area (Å²) in [6.07, 6.45) is 3.32. The summed E-state index contributed by atoms with van der Waals surface area (Å²) in [6.45, 7) is 0. The molecule has 0 fully saturated rings. The first-order chi connectivity index (χ1) is 9.71. The van der Waals surface area contributed by atoms with Gasteiger partial charge in [0.1, 0.15) is 11.5 Å². The van der Waals surface area contributed by atoms with E-state index in [1.54, 1.807) is 38.7 Å². The van der Waals surface area contributed by atoms with Crippen molar-refractivity contribution in [3.05, 3.63) is 52.8 Å². The highest BCUT2D eigenvalue weighted by Gasteiger charge is 2.20. The number of aromatic nitrogens is 1. The molecule has 0 aliphatic rings. The van der Waals surface area contributed by atoms with E-state index < -0.39 is 0 Å². The molecule has 2 rings (SSSR count). The number of pyridine rings is 1. The molecule has 3 N–H and O–H groups in total. The molecule has 0 radical (unpaired) electrons. The summed E-state index contributed by atoms with van der Waals surface area (Å²) < 4.78 is 10.7. The van der Waals surface area contributed by atoms with Crippen molar-refractivity contribution in [1.29, 1.82) is 0 Å². The van der Waals surface area contributed by atoms with E-state index in [9.17, 15) is 0 Å². The summed E-state index contributed by atoms with van der Waals surface area (Å²) in [6, 6.07) is 6.90. The van der Waals surface area contributed by atoms with Crippen molar-refractivity contribution in [2.45, 2.75) is 6.04 Å². The summed E-state index contributed by atoms with van der Waals surface area (Å²) in [4.78, 5) is 4.04. The molecule has 0 amide bonds. The molecule has 1 atom stereocenters. The fourth-order valence-electron chi connectivity index (χ4n) is 2.08. The van der Waals surface area contributed by atoms with Crippen LogP contribution in [0.25, 0.3) is 0 Å². The SMILES string of the molecule is COc1cnccc1C(NN)c1cc(Cl)ccc1OC. The number of hydrogen-bond donors (Lipinski definition) is 2. The van der Waals surface area contributed by atoms with Gasteiger partial charge in [0.25, 0.3) is 0 Å². The van der Waals surface area contributed by atoms with Crippen LogP contribution in [0.3, 0.4) is 0 Å². The number of ether oxygens (including phenoxy) is 2. The maximum atomic E-state index is 6.07. The van der Waals surface area contributed by atoms with Crippen LogP contribution in [0, 0.1) is 0 Å². The minimum Gasteiger partial charge on any atom is -0.496 e. The van der Waals surface area contributed by atoms with E-state index in [4.69, 9.17) is 26.9 Å². The van der Waals surface area contributed by atoms with E-state index in [-0.39, 0.29) is 6.04 Å². The zero-order valence-electron chi connectivity index (χ0n) is 11.3. The number of hydrazine groups is 1. The molecule has 1 unspecified atom stereocenters. The Balaban J connectivity index is 2.55. The second kappa shape index (κ2) is 6.56. The summed E-state index contributed by atoms with van der Waals surface area (Å²) in [7, 11) is 3.19. The molecule has 0 aliphatic carbocycles. The quantitative estimate of drug-likeness (QED) is 0.654. The largest absolute Gasteiger partial charge is 0.496 e. The third kappa shape index (κ3) is 2.85. The van der Waals surface area contributed by atoms with Gasteiger partial charge in [0.15, 0.2) is 0 Å². The molecule has 106 valence electrons. The molecule has 1 heterocycles. The Kier molecular flexibility index (Phi) is 4.79. The molecule has 2 aromatic rings. The van der Waals surface area contributed by atoms with Gasteiger partial charge in [-0.25, -0.2) is 5.43 Å². The average Bonchev–Trinajstić information content (AvgIpc) is 2.49. The van der Waals surface area contributed by atoms with Gasteiger partial charge in [-0.3, -0.25) is 10.8 Å². The van der Waals surface area contributed by atoms with Crippen LogP contribution < -0.4 is 20.7 Å². The molecule has 0 saturated carbocycles. The van der Waals surface area contributed by atoms with Crippen molar-refractivity contribution in [3.8, 4) is 11.5 Å². The first kappa shape index (κ1) is 14.6. The molecule has 6 heteroatoms. The third-order valence-electron chi connectivity index (χ3n) is 3.02. The summed E-state index contributed by atoms with van der Waals surface area (Å²) >= 11 is 6.07. The van der Waals surface area contributed by atoms with Gasteiger partial charge in [0.05, 0.1) is 26.5 Å². The van der Waals surface area contributed by atoms with Crippen LogP contribution in [0.2, 0.25) is 5.02 Å². The molecular formula is C14H16ClN3O2.